The Morgan fingerprint density at radius 3 is 2.50 bits per heavy atom. The number of carbonyl (C=O) groups excluding carboxylic acids is 1. The first-order chi connectivity index (χ1) is 18.5. The van der Waals surface area contributed by atoms with Crippen molar-refractivity contribution >= 4 is 39.3 Å². The highest BCUT2D eigenvalue weighted by Crippen LogP contribution is 2.31. The summed E-state index contributed by atoms with van der Waals surface area (Å²) in [7, 11) is 0. The van der Waals surface area contributed by atoms with Crippen LogP contribution in [0.3, 0.4) is 0 Å². The fraction of sp³-hybridized carbons (Fsp3) is 0.167. The number of halogens is 1. The van der Waals surface area contributed by atoms with Crippen molar-refractivity contribution in [2.45, 2.75) is 26.5 Å². The number of nitrogens with zero attached hydrogens (tertiary/aromatic N) is 2. The normalized spacial score (nSPS) is 15.1. The fourth-order valence-electron chi connectivity index (χ4n) is 4.36. The van der Waals surface area contributed by atoms with Crippen LogP contribution in [0.15, 0.2) is 104 Å². The number of thiazole rings is 1. The summed E-state index contributed by atoms with van der Waals surface area (Å²) in [5.41, 5.74) is 3.31. The molecule has 192 valence electrons. The van der Waals surface area contributed by atoms with Crippen LogP contribution < -0.4 is 19.6 Å². The lowest BCUT2D eigenvalue weighted by Gasteiger charge is -2.24. The predicted molar refractivity (Wildman–Crippen MR) is 152 cm³/mol. The summed E-state index contributed by atoms with van der Waals surface area (Å²) < 4.78 is 14.5. The van der Waals surface area contributed by atoms with Gasteiger partial charge in [-0.15, -0.1) is 0 Å². The van der Waals surface area contributed by atoms with Crippen LogP contribution in [-0.2, 0) is 16.1 Å². The third-order valence-electron chi connectivity index (χ3n) is 6.15. The molecule has 1 aliphatic rings. The van der Waals surface area contributed by atoms with Gasteiger partial charge in [-0.2, -0.15) is 0 Å². The van der Waals surface area contributed by atoms with E-state index in [1.807, 2.05) is 84.9 Å². The summed E-state index contributed by atoms with van der Waals surface area (Å²) in [6.45, 7) is 4.18. The van der Waals surface area contributed by atoms with E-state index in [0.29, 0.717) is 33.0 Å². The third-order valence-corrected chi connectivity index (χ3v) is 7.66. The summed E-state index contributed by atoms with van der Waals surface area (Å²) >= 11 is 4.76. The maximum absolute atomic E-state index is 13.8. The van der Waals surface area contributed by atoms with Crippen molar-refractivity contribution in [1.82, 2.24) is 4.57 Å². The molecule has 1 atom stereocenters. The molecule has 0 amide bonds. The van der Waals surface area contributed by atoms with Crippen molar-refractivity contribution in [3.05, 3.63) is 131 Å². The molecule has 5 rings (SSSR count). The van der Waals surface area contributed by atoms with Crippen LogP contribution in [0, 0.1) is 0 Å². The second kappa shape index (κ2) is 11.3. The molecule has 1 unspecified atom stereocenters. The molecule has 0 N–H and O–H groups in total. The third kappa shape index (κ3) is 5.28. The lowest BCUT2D eigenvalue weighted by atomic mass is 9.96. The average molecular weight is 590 g/mol. The molecule has 0 bridgehead atoms. The maximum atomic E-state index is 13.8. The Balaban J connectivity index is 1.61. The number of fused-ring (bicyclic) bond motifs is 1. The first kappa shape index (κ1) is 25.9. The van der Waals surface area contributed by atoms with Crippen molar-refractivity contribution < 1.29 is 14.3 Å². The zero-order chi connectivity index (χ0) is 26.6. The Morgan fingerprint density at radius 2 is 1.76 bits per heavy atom. The largest absolute Gasteiger partial charge is 0.488 e. The first-order valence-electron chi connectivity index (χ1n) is 12.2. The van der Waals surface area contributed by atoms with Gasteiger partial charge in [-0.05, 0) is 49.2 Å². The van der Waals surface area contributed by atoms with Gasteiger partial charge in [0.2, 0.25) is 0 Å². The molecule has 4 aromatic rings. The molecule has 0 fully saturated rings. The summed E-state index contributed by atoms with van der Waals surface area (Å²) in [6, 6.07) is 24.5. The SMILES string of the molecule is CCOC(=O)C1=C(C)N=c2sc(=Cc3ccccc3OCc3ccccc3)c(=O)n2C1c1ccc(Br)cc1. The summed E-state index contributed by atoms with van der Waals surface area (Å²) in [6.07, 6.45) is 1.83. The van der Waals surface area contributed by atoms with Crippen molar-refractivity contribution in [2.75, 3.05) is 6.61 Å². The van der Waals surface area contributed by atoms with Gasteiger partial charge >= 0.3 is 5.97 Å². The Morgan fingerprint density at radius 1 is 1.05 bits per heavy atom. The number of rotatable bonds is 7. The van der Waals surface area contributed by atoms with Crippen LogP contribution >= 0.6 is 27.3 Å². The Hall–Kier alpha value is -3.75. The summed E-state index contributed by atoms with van der Waals surface area (Å²) in [5, 5.41) is 0. The topological polar surface area (TPSA) is 69.9 Å². The molecule has 38 heavy (non-hydrogen) atoms. The second-order valence-electron chi connectivity index (χ2n) is 8.67. The molecule has 0 radical (unpaired) electrons. The number of para-hydroxylation sites is 1. The molecular formula is C30H25BrN2O4S. The van der Waals surface area contributed by atoms with Gasteiger partial charge in [0.05, 0.1) is 28.5 Å². The molecule has 2 heterocycles. The van der Waals surface area contributed by atoms with Gasteiger partial charge in [-0.3, -0.25) is 9.36 Å². The van der Waals surface area contributed by atoms with Crippen LogP contribution in [0.5, 0.6) is 5.75 Å². The van der Waals surface area contributed by atoms with E-state index in [1.165, 1.54) is 11.3 Å². The van der Waals surface area contributed by atoms with Gasteiger partial charge in [0.1, 0.15) is 12.4 Å². The minimum atomic E-state index is -0.648. The number of allylic oxidation sites excluding steroid dienone is 1. The monoisotopic (exact) mass is 588 g/mol. The molecule has 0 aliphatic carbocycles. The molecular weight excluding hydrogens is 564 g/mol. The van der Waals surface area contributed by atoms with E-state index >= 15 is 0 Å². The highest BCUT2D eigenvalue weighted by Gasteiger charge is 2.33. The van der Waals surface area contributed by atoms with Gasteiger partial charge in [-0.1, -0.05) is 87.9 Å². The van der Waals surface area contributed by atoms with Crippen LogP contribution in [0.4, 0.5) is 0 Å². The van der Waals surface area contributed by atoms with Crippen molar-refractivity contribution in [3.63, 3.8) is 0 Å². The van der Waals surface area contributed by atoms with E-state index < -0.39 is 12.0 Å². The van der Waals surface area contributed by atoms with Gasteiger partial charge in [-0.25, -0.2) is 9.79 Å². The minimum Gasteiger partial charge on any atom is -0.488 e. The Labute approximate surface area is 232 Å². The minimum absolute atomic E-state index is 0.228. The van der Waals surface area contributed by atoms with Crippen LogP contribution in [-0.4, -0.2) is 17.1 Å². The molecule has 6 nitrogen and oxygen atoms in total. The number of ether oxygens (including phenoxy) is 2. The smallest absolute Gasteiger partial charge is 0.338 e. The predicted octanol–water partition coefficient (Wildman–Crippen LogP) is 5.14. The number of esters is 1. The maximum Gasteiger partial charge on any atom is 0.338 e. The van der Waals surface area contributed by atoms with E-state index in [-0.39, 0.29) is 12.2 Å². The lowest BCUT2D eigenvalue weighted by molar-refractivity contribution is -0.139. The molecule has 3 aromatic carbocycles. The number of benzene rings is 3. The van der Waals surface area contributed by atoms with E-state index in [0.717, 1.165) is 21.2 Å². The molecule has 1 aromatic heterocycles. The number of hydrogen-bond donors (Lipinski definition) is 0. The summed E-state index contributed by atoms with van der Waals surface area (Å²) in [5.74, 6) is 0.200. The molecule has 0 saturated carbocycles. The van der Waals surface area contributed by atoms with Crippen LogP contribution in [0.25, 0.3) is 6.08 Å². The van der Waals surface area contributed by atoms with Gasteiger partial charge in [0, 0.05) is 10.0 Å². The van der Waals surface area contributed by atoms with Crippen molar-refractivity contribution in [2.24, 2.45) is 4.99 Å². The van der Waals surface area contributed by atoms with E-state index in [1.54, 1.807) is 18.4 Å². The highest BCUT2D eigenvalue weighted by atomic mass is 79.9. The van der Waals surface area contributed by atoms with Crippen LogP contribution in [0.1, 0.15) is 36.6 Å². The Kier molecular flexibility index (Phi) is 7.72. The average Bonchev–Trinajstić information content (AvgIpc) is 3.22. The Bertz CT molecular complexity index is 1690. The molecule has 0 spiro atoms. The number of hydrogen-bond acceptors (Lipinski definition) is 6. The zero-order valence-electron chi connectivity index (χ0n) is 20.9. The van der Waals surface area contributed by atoms with E-state index in [9.17, 15) is 9.59 Å². The summed E-state index contributed by atoms with van der Waals surface area (Å²) in [4.78, 5) is 32.1. The van der Waals surface area contributed by atoms with E-state index in [2.05, 4.69) is 20.9 Å². The standard InChI is InChI=1S/C30H25BrN2O4S/c1-3-36-29(35)26-19(2)32-30-33(27(26)21-13-15-23(31)16-14-21)28(34)25(38-30)17-22-11-7-8-12-24(22)37-18-20-9-5-4-6-10-20/h4-17,27H,3,18H2,1-2H3. The number of carbonyl (C=O) groups is 1. The second-order valence-corrected chi connectivity index (χ2v) is 10.6. The van der Waals surface area contributed by atoms with Gasteiger partial charge in [0.15, 0.2) is 4.80 Å². The first-order valence-corrected chi connectivity index (χ1v) is 13.8. The van der Waals surface area contributed by atoms with E-state index in [4.69, 9.17) is 9.47 Å². The van der Waals surface area contributed by atoms with Gasteiger partial charge in [0.25, 0.3) is 5.56 Å². The lowest BCUT2D eigenvalue weighted by Crippen LogP contribution is -2.39. The van der Waals surface area contributed by atoms with Crippen molar-refractivity contribution in [3.8, 4) is 5.75 Å². The number of aromatic nitrogens is 1. The van der Waals surface area contributed by atoms with Gasteiger partial charge < -0.3 is 9.47 Å². The quantitative estimate of drug-likeness (QED) is 0.280. The highest BCUT2D eigenvalue weighted by molar-refractivity contribution is 9.10. The molecule has 8 heteroatoms. The fourth-order valence-corrected chi connectivity index (χ4v) is 5.66. The van der Waals surface area contributed by atoms with Crippen LogP contribution in [0.2, 0.25) is 0 Å². The molecule has 0 saturated heterocycles. The zero-order valence-corrected chi connectivity index (χ0v) is 23.3. The molecule has 1 aliphatic heterocycles. The van der Waals surface area contributed by atoms with Crippen molar-refractivity contribution in [1.29, 1.82) is 0 Å².